The highest BCUT2D eigenvalue weighted by Gasteiger charge is 2.45. The van der Waals surface area contributed by atoms with Crippen molar-refractivity contribution in [2.24, 2.45) is 0 Å². The Hall–Kier alpha value is -6.14. The zero-order chi connectivity index (χ0) is 33.3. The summed E-state index contributed by atoms with van der Waals surface area (Å²) in [6, 6.07) is 19.0. The van der Waals surface area contributed by atoms with E-state index in [0.717, 1.165) is 35.1 Å². The maximum atomic E-state index is 6.26. The van der Waals surface area contributed by atoms with Gasteiger partial charge in [-0.15, -0.1) is 10.2 Å². The molecular weight excluding hydrogens is 622 g/mol. The van der Waals surface area contributed by atoms with Crippen molar-refractivity contribution in [2.75, 3.05) is 38.4 Å². The third-order valence-corrected chi connectivity index (χ3v) is 9.61. The normalized spacial score (nSPS) is 18.2. The first-order valence-electron chi connectivity index (χ1n) is 16.0. The molecule has 1 aliphatic carbocycles. The molecule has 9 rings (SSSR count). The number of fused-ring (bicyclic) bond motifs is 6. The van der Waals surface area contributed by atoms with Crippen molar-refractivity contribution >= 4 is 45.0 Å². The van der Waals surface area contributed by atoms with Crippen molar-refractivity contribution in [2.45, 2.75) is 37.0 Å². The molecule has 0 bridgehead atoms. The van der Waals surface area contributed by atoms with Crippen LogP contribution in [0.1, 0.15) is 47.6 Å². The fourth-order valence-electron chi connectivity index (χ4n) is 6.83. The number of nitrogens with zero attached hydrogens (tertiary/aromatic N) is 10. The lowest BCUT2D eigenvalue weighted by molar-refractivity contribution is 0.334. The van der Waals surface area contributed by atoms with E-state index in [9.17, 15) is 0 Å². The Morgan fingerprint density at radius 2 is 1.57 bits per heavy atom. The van der Waals surface area contributed by atoms with Gasteiger partial charge in [-0.05, 0) is 66.4 Å². The third-order valence-electron chi connectivity index (χ3n) is 9.61. The molecule has 5 aromatic heterocycles. The van der Waals surface area contributed by atoms with Crippen LogP contribution in [0.3, 0.4) is 0 Å². The smallest absolute Gasteiger partial charge is 0.405 e. The standard InChI is InChI=1S/C34H32N13O2/c1-18-40-30-23-6-4-8-25(28(23)42-32(35)46(30)44-18)49-17-38-16-34(14-37-15-34)26-10-9-19(13-39-26)20-11-21(12-20)29-43-31-22-5-3-7-24(48-2)27(22)41-33(36)47(31)45-29/h3-10,13,20-21,37H,11-12,14-15,17H2,1-2H3,(H2,35,42)(H2,36,41)/q+1. The number of anilines is 2. The molecule has 0 amide bonds. The molecule has 0 unspecified atom stereocenters. The van der Waals surface area contributed by atoms with Crippen LogP contribution in [0.2, 0.25) is 0 Å². The molecule has 1 saturated heterocycles. The Morgan fingerprint density at radius 1 is 0.878 bits per heavy atom. The number of para-hydroxylation sites is 2. The number of hydrogen-bond acceptors (Lipinski definition) is 12. The number of nitrogens with two attached hydrogens (primary N) is 2. The number of aryl methyl sites for hydroxylation is 1. The maximum absolute atomic E-state index is 6.26. The van der Waals surface area contributed by atoms with Gasteiger partial charge in [0.15, 0.2) is 28.3 Å². The molecule has 1 saturated carbocycles. The number of ether oxygens (including phenoxy) is 2. The zero-order valence-corrected chi connectivity index (χ0v) is 26.8. The summed E-state index contributed by atoms with van der Waals surface area (Å²) in [6.45, 7) is 3.28. The van der Waals surface area contributed by atoms with Gasteiger partial charge in [-0.25, -0.2) is 19.9 Å². The van der Waals surface area contributed by atoms with Crippen LogP contribution >= 0.6 is 0 Å². The first kappa shape index (κ1) is 29.0. The van der Waals surface area contributed by atoms with Gasteiger partial charge in [-0.3, -0.25) is 4.98 Å². The fraction of sp³-hybridized carbons (Fsp3) is 0.294. The molecule has 7 aromatic rings. The largest absolute Gasteiger partial charge is 0.494 e. The molecular formula is C34H32N13O2+. The summed E-state index contributed by atoms with van der Waals surface area (Å²) in [4.78, 5) is 27.8. The highest BCUT2D eigenvalue weighted by atomic mass is 16.5. The van der Waals surface area contributed by atoms with E-state index in [1.807, 2.05) is 49.5 Å². The van der Waals surface area contributed by atoms with Crippen LogP contribution in [0.4, 0.5) is 11.9 Å². The topological polar surface area (TPSA) is 186 Å². The van der Waals surface area contributed by atoms with Crippen molar-refractivity contribution < 1.29 is 9.47 Å². The Bertz CT molecular complexity index is 2490. The molecule has 2 aromatic carbocycles. The molecule has 15 heteroatoms. The van der Waals surface area contributed by atoms with Gasteiger partial charge in [0.05, 0.1) is 12.8 Å². The van der Waals surface area contributed by atoms with Gasteiger partial charge in [0.1, 0.15) is 22.6 Å². The number of hydrogen-bond donors (Lipinski definition) is 3. The minimum atomic E-state index is -0.420. The Labute approximate surface area is 279 Å². The summed E-state index contributed by atoms with van der Waals surface area (Å²) in [5.74, 6) is 3.74. The van der Waals surface area contributed by atoms with Crippen LogP contribution in [-0.2, 0) is 5.41 Å². The number of aromatic nitrogens is 9. The van der Waals surface area contributed by atoms with Crippen LogP contribution in [0.15, 0.2) is 54.7 Å². The highest BCUT2D eigenvalue weighted by molar-refractivity contribution is 5.96. The van der Waals surface area contributed by atoms with E-state index in [4.69, 9.17) is 36.0 Å². The van der Waals surface area contributed by atoms with E-state index >= 15 is 0 Å². The first-order chi connectivity index (χ1) is 23.9. The number of pyridine rings is 1. The predicted octanol–water partition coefficient (Wildman–Crippen LogP) is 3.62. The molecule has 0 atom stereocenters. The second-order valence-corrected chi connectivity index (χ2v) is 12.6. The van der Waals surface area contributed by atoms with Crippen molar-refractivity contribution in [3.63, 3.8) is 0 Å². The molecule has 0 spiro atoms. The van der Waals surface area contributed by atoms with Crippen molar-refractivity contribution in [3.05, 3.63) is 82.5 Å². The van der Waals surface area contributed by atoms with Gasteiger partial charge in [-0.1, -0.05) is 18.2 Å². The van der Waals surface area contributed by atoms with E-state index < -0.39 is 5.41 Å². The Kier molecular flexibility index (Phi) is 6.49. The molecule has 1 aliphatic heterocycles. The van der Waals surface area contributed by atoms with E-state index in [2.05, 4.69) is 48.4 Å². The quantitative estimate of drug-likeness (QED) is 0.237. The lowest BCUT2D eigenvalue weighted by atomic mass is 9.71. The lowest BCUT2D eigenvalue weighted by Crippen LogP contribution is -2.56. The second-order valence-electron chi connectivity index (χ2n) is 12.6. The molecule has 6 heterocycles. The Morgan fingerprint density at radius 3 is 2.24 bits per heavy atom. The average Bonchev–Trinajstić information content (AvgIpc) is 3.69. The zero-order valence-electron chi connectivity index (χ0n) is 26.8. The van der Waals surface area contributed by atoms with E-state index in [-0.39, 0.29) is 24.5 Å². The van der Waals surface area contributed by atoms with Gasteiger partial charge in [0, 0.05) is 36.0 Å². The predicted molar refractivity (Wildman–Crippen MR) is 183 cm³/mol. The molecule has 49 heavy (non-hydrogen) atoms. The second kappa shape index (κ2) is 11.0. The fourth-order valence-corrected chi connectivity index (χ4v) is 6.83. The summed E-state index contributed by atoms with van der Waals surface area (Å²) in [5.41, 5.74) is 16.7. The van der Waals surface area contributed by atoms with Crippen LogP contribution in [0, 0.1) is 13.0 Å². The maximum Gasteiger partial charge on any atom is 0.405 e. The monoisotopic (exact) mass is 654 g/mol. The van der Waals surface area contributed by atoms with E-state index in [1.54, 1.807) is 11.6 Å². The van der Waals surface area contributed by atoms with Crippen LogP contribution in [0.25, 0.3) is 37.9 Å². The summed E-state index contributed by atoms with van der Waals surface area (Å²) >= 11 is 0. The van der Waals surface area contributed by atoms with E-state index in [0.29, 0.717) is 58.7 Å². The minimum absolute atomic E-state index is 0.0725. The van der Waals surface area contributed by atoms with Gasteiger partial charge in [-0.2, -0.15) is 9.03 Å². The van der Waals surface area contributed by atoms with Crippen LogP contribution < -0.4 is 26.3 Å². The van der Waals surface area contributed by atoms with Gasteiger partial charge in [0.25, 0.3) is 6.07 Å². The third kappa shape index (κ3) is 4.63. The number of benzene rings is 2. The number of methoxy groups -OCH3 is 1. The average molecular weight is 655 g/mol. The van der Waals surface area contributed by atoms with Crippen LogP contribution in [0.5, 0.6) is 11.5 Å². The van der Waals surface area contributed by atoms with Crippen LogP contribution in [-0.4, -0.2) is 71.1 Å². The number of rotatable bonds is 6. The lowest BCUT2D eigenvalue weighted by Gasteiger charge is -2.35. The minimum Gasteiger partial charge on any atom is -0.494 e. The van der Waals surface area contributed by atoms with E-state index in [1.165, 1.54) is 10.1 Å². The summed E-state index contributed by atoms with van der Waals surface area (Å²) < 4.78 is 14.7. The Balaban J connectivity index is 0.885. The molecule has 0 radical (unpaired) electrons. The van der Waals surface area contributed by atoms with Crippen molar-refractivity contribution in [1.29, 1.82) is 0 Å². The number of nitrogen functional groups attached to an aromatic ring is 2. The molecule has 244 valence electrons. The molecule has 2 fully saturated rings. The van der Waals surface area contributed by atoms with Gasteiger partial charge in [0.2, 0.25) is 11.9 Å². The molecule has 15 nitrogen and oxygen atoms in total. The highest BCUT2D eigenvalue weighted by Crippen LogP contribution is 2.47. The molecule has 5 N–H and O–H groups in total. The van der Waals surface area contributed by atoms with Gasteiger partial charge >= 0.3 is 6.73 Å². The first-order valence-corrected chi connectivity index (χ1v) is 16.0. The summed E-state index contributed by atoms with van der Waals surface area (Å²) in [6.07, 6.45) is 3.84. The summed E-state index contributed by atoms with van der Waals surface area (Å²) in [5, 5.41) is 14.1. The van der Waals surface area contributed by atoms with Crippen molar-refractivity contribution in [3.8, 4) is 17.6 Å². The SMILES string of the molecule is COc1cccc2c1nc(N)n1nc(C3CC(c4ccc(C5(C#[N+]COc6cccc7c6nc(N)n6nc(C)nc76)CNC5)nc4)C3)nc21. The summed E-state index contributed by atoms with van der Waals surface area (Å²) in [7, 11) is 1.62. The van der Waals surface area contributed by atoms with Crippen molar-refractivity contribution in [1.82, 2.24) is 49.5 Å². The molecule has 2 aliphatic rings. The number of nitrogens with one attached hydrogen (secondary N) is 1. The van der Waals surface area contributed by atoms with Gasteiger partial charge < -0.3 is 26.3 Å².